The summed E-state index contributed by atoms with van der Waals surface area (Å²) in [5.74, 6) is 1.08. The fourth-order valence-corrected chi connectivity index (χ4v) is 3.84. The third kappa shape index (κ3) is 5.56. The summed E-state index contributed by atoms with van der Waals surface area (Å²) in [6.07, 6.45) is 21.8. The number of unbranched alkanes of at least 4 members (excludes halogenated alkanes) is 7. The Labute approximate surface area is 157 Å². The van der Waals surface area contributed by atoms with Crippen LogP contribution in [0.1, 0.15) is 90.4 Å². The second-order valence-corrected chi connectivity index (χ2v) is 6.71. The van der Waals surface area contributed by atoms with Crippen molar-refractivity contribution in [3.63, 3.8) is 0 Å². The van der Waals surface area contributed by atoms with Crippen LogP contribution in [0.2, 0.25) is 0 Å². The molecule has 0 N–H and O–H groups in total. The van der Waals surface area contributed by atoms with Gasteiger partial charge in [-0.3, -0.25) is 0 Å². The summed E-state index contributed by atoms with van der Waals surface area (Å²) in [5.41, 5.74) is 0.888. The van der Waals surface area contributed by atoms with E-state index in [1.54, 1.807) is 25.7 Å². The molecule has 1 heteroatoms. The van der Waals surface area contributed by atoms with E-state index in [1.807, 2.05) is 0 Å². The van der Waals surface area contributed by atoms with Crippen LogP contribution in [0.25, 0.3) is 0 Å². The van der Waals surface area contributed by atoms with Gasteiger partial charge in [-0.25, -0.2) is 0 Å². The molecule has 2 aliphatic rings. The van der Waals surface area contributed by atoms with Gasteiger partial charge >= 0.3 is 51.4 Å². The Bertz CT molecular complexity index is 200. The van der Waals surface area contributed by atoms with E-state index < -0.39 is 0 Å². The fourth-order valence-electron chi connectivity index (χ4n) is 3.84. The first-order valence-electron chi connectivity index (χ1n) is 8.16. The molecule has 2 fully saturated rings. The molecule has 0 nitrogen and oxygen atoms in total. The first kappa shape index (κ1) is 17.7. The van der Waals surface area contributed by atoms with E-state index in [2.05, 4.69) is 13.3 Å². The third-order valence-corrected chi connectivity index (χ3v) is 5.12. The van der Waals surface area contributed by atoms with Crippen molar-refractivity contribution >= 4 is 0 Å². The van der Waals surface area contributed by atoms with Gasteiger partial charge in [-0.05, 0) is 31.1 Å². The molecule has 0 unspecified atom stereocenters. The van der Waals surface area contributed by atoms with Crippen LogP contribution in [0.4, 0.5) is 0 Å². The second-order valence-electron chi connectivity index (χ2n) is 6.71. The summed E-state index contributed by atoms with van der Waals surface area (Å²) in [5, 5.41) is 0. The molecule has 0 aromatic carbocycles. The van der Waals surface area contributed by atoms with Gasteiger partial charge in [0.25, 0.3) is 0 Å². The summed E-state index contributed by atoms with van der Waals surface area (Å²) in [7, 11) is 0. The van der Waals surface area contributed by atoms with Crippen molar-refractivity contribution in [2.24, 2.45) is 11.3 Å². The molecule has 100 valence electrons. The van der Waals surface area contributed by atoms with Crippen molar-refractivity contribution in [1.29, 1.82) is 0 Å². The molecule has 2 saturated carbocycles. The summed E-state index contributed by atoms with van der Waals surface area (Å²) >= 11 is 0. The van der Waals surface area contributed by atoms with Crippen LogP contribution >= 0.6 is 0 Å². The molecule has 2 aliphatic carbocycles. The smallest absolute Gasteiger partial charge is 0.328 e. The maximum absolute atomic E-state index is 2.59. The first-order chi connectivity index (χ1) is 8.35. The van der Waals surface area contributed by atoms with E-state index in [9.17, 15) is 0 Å². The summed E-state index contributed by atoms with van der Waals surface area (Å²) in [4.78, 5) is 0. The molecule has 18 heavy (non-hydrogen) atoms. The zero-order chi connectivity index (χ0) is 12.0. The molecular weight excluding hydrogens is 243 g/mol. The van der Waals surface area contributed by atoms with Gasteiger partial charge in [0.15, 0.2) is 0 Å². The number of hydrogen-bond donors (Lipinski definition) is 0. The maximum Gasteiger partial charge on any atom is 1.00 e. The van der Waals surface area contributed by atoms with Crippen LogP contribution in [-0.4, -0.2) is 0 Å². The molecule has 0 radical (unpaired) electrons. The average molecular weight is 275 g/mol. The molecule has 0 heterocycles. The molecule has 0 atom stereocenters. The Balaban J connectivity index is 0.00000162. The number of rotatable bonds is 9. The van der Waals surface area contributed by atoms with E-state index in [-0.39, 0.29) is 51.4 Å². The SMILES string of the molecule is CCCCCCCC[CH-]CC1CC2(CCC2)C1.[K+]. The van der Waals surface area contributed by atoms with Gasteiger partial charge in [0.05, 0.1) is 0 Å². The zero-order valence-corrected chi connectivity index (χ0v) is 16.0. The second kappa shape index (κ2) is 9.55. The Morgan fingerprint density at radius 2 is 1.67 bits per heavy atom. The molecular formula is C17H31K. The molecule has 0 aromatic rings. The molecule has 0 bridgehead atoms. The molecule has 0 saturated heterocycles. The average Bonchev–Trinajstić information content (AvgIpc) is 2.22. The topological polar surface area (TPSA) is 0 Å². The monoisotopic (exact) mass is 274 g/mol. The predicted molar refractivity (Wildman–Crippen MR) is 75.9 cm³/mol. The summed E-state index contributed by atoms with van der Waals surface area (Å²) in [6, 6.07) is 0. The van der Waals surface area contributed by atoms with E-state index in [4.69, 9.17) is 0 Å². The first-order valence-corrected chi connectivity index (χ1v) is 8.16. The minimum Gasteiger partial charge on any atom is -0.328 e. The van der Waals surface area contributed by atoms with Crippen LogP contribution in [0, 0.1) is 17.8 Å². The largest absolute Gasteiger partial charge is 1.00 e. The third-order valence-electron chi connectivity index (χ3n) is 5.12. The van der Waals surface area contributed by atoms with Crippen molar-refractivity contribution in [2.45, 2.75) is 90.4 Å². The van der Waals surface area contributed by atoms with Gasteiger partial charge < -0.3 is 6.42 Å². The Hall–Kier alpha value is 1.64. The van der Waals surface area contributed by atoms with E-state index in [0.717, 1.165) is 11.3 Å². The predicted octanol–water partition coefficient (Wildman–Crippen LogP) is 2.92. The quantitative estimate of drug-likeness (QED) is 0.344. The minimum absolute atomic E-state index is 0. The van der Waals surface area contributed by atoms with Crippen LogP contribution in [0.3, 0.4) is 0 Å². The number of hydrogen-bond acceptors (Lipinski definition) is 0. The van der Waals surface area contributed by atoms with Crippen molar-refractivity contribution < 1.29 is 51.4 Å². The van der Waals surface area contributed by atoms with Crippen molar-refractivity contribution in [3.05, 3.63) is 6.42 Å². The van der Waals surface area contributed by atoms with Crippen LogP contribution in [0.15, 0.2) is 0 Å². The Morgan fingerprint density at radius 1 is 1.00 bits per heavy atom. The summed E-state index contributed by atoms with van der Waals surface area (Å²) < 4.78 is 0. The van der Waals surface area contributed by atoms with Crippen molar-refractivity contribution in [1.82, 2.24) is 0 Å². The molecule has 1 spiro atoms. The molecule has 2 rings (SSSR count). The van der Waals surface area contributed by atoms with Gasteiger partial charge in [-0.15, -0.1) is 0 Å². The normalized spacial score (nSPS) is 21.2. The Kier molecular flexibility index (Phi) is 9.38. The minimum atomic E-state index is 0. The van der Waals surface area contributed by atoms with Gasteiger partial charge in [0, 0.05) is 0 Å². The molecule has 0 amide bonds. The maximum atomic E-state index is 2.59. The van der Waals surface area contributed by atoms with Gasteiger partial charge in [0.2, 0.25) is 0 Å². The van der Waals surface area contributed by atoms with Gasteiger partial charge in [-0.1, -0.05) is 57.8 Å². The van der Waals surface area contributed by atoms with Gasteiger partial charge in [0.1, 0.15) is 0 Å². The van der Waals surface area contributed by atoms with Crippen molar-refractivity contribution in [3.8, 4) is 0 Å². The zero-order valence-electron chi connectivity index (χ0n) is 12.8. The molecule has 0 aromatic heterocycles. The van der Waals surface area contributed by atoms with E-state index in [0.29, 0.717) is 0 Å². The summed E-state index contributed by atoms with van der Waals surface area (Å²) in [6.45, 7) is 2.29. The fraction of sp³-hybridized carbons (Fsp3) is 0.941. The van der Waals surface area contributed by atoms with E-state index >= 15 is 0 Å². The van der Waals surface area contributed by atoms with Crippen molar-refractivity contribution in [2.75, 3.05) is 0 Å². The van der Waals surface area contributed by atoms with E-state index in [1.165, 1.54) is 57.8 Å². The standard InChI is InChI=1S/C17H31.K/c1-2-3-4-5-6-7-8-9-11-16-14-17(15-16)12-10-13-17;/h9,16H,2-8,10-15H2,1H3;/q-1;+1. The van der Waals surface area contributed by atoms with Crippen LogP contribution < -0.4 is 51.4 Å². The van der Waals surface area contributed by atoms with Crippen LogP contribution in [0.5, 0.6) is 0 Å². The van der Waals surface area contributed by atoms with Crippen LogP contribution in [-0.2, 0) is 0 Å². The Morgan fingerprint density at radius 3 is 2.28 bits per heavy atom. The molecule has 0 aliphatic heterocycles. The van der Waals surface area contributed by atoms with Gasteiger partial charge in [-0.2, -0.15) is 12.8 Å².